The van der Waals surface area contributed by atoms with E-state index in [1.165, 1.54) is 12.1 Å². The smallest absolute Gasteiger partial charge is 0.251 e. The van der Waals surface area contributed by atoms with Crippen LogP contribution in [-0.2, 0) is 0 Å². The molecule has 1 atom stereocenters. The van der Waals surface area contributed by atoms with E-state index in [-0.39, 0.29) is 17.7 Å². The second-order valence-electron chi connectivity index (χ2n) is 4.76. The van der Waals surface area contributed by atoms with Crippen molar-refractivity contribution in [2.24, 2.45) is 5.92 Å². The van der Waals surface area contributed by atoms with E-state index >= 15 is 0 Å². The Balaban J connectivity index is 2.14. The highest BCUT2D eigenvalue weighted by Gasteiger charge is 2.19. The van der Waals surface area contributed by atoms with Gasteiger partial charge >= 0.3 is 0 Å². The zero-order chi connectivity index (χ0) is 13.8. The molecule has 0 aliphatic rings. The van der Waals surface area contributed by atoms with Crippen molar-refractivity contribution >= 4 is 17.2 Å². The van der Waals surface area contributed by atoms with Crippen LogP contribution in [-0.4, -0.2) is 11.0 Å². The van der Waals surface area contributed by atoms with Crippen molar-refractivity contribution in [3.63, 3.8) is 0 Å². The Bertz CT molecular complexity index is 532. The molecule has 2 N–H and O–H groups in total. The molecule has 0 saturated carbocycles. The average molecular weight is 275 g/mol. The Morgan fingerprint density at radius 1 is 1.21 bits per heavy atom. The van der Waals surface area contributed by atoms with Gasteiger partial charge in [0, 0.05) is 10.4 Å². The van der Waals surface area contributed by atoms with E-state index in [0.717, 1.165) is 4.88 Å². The lowest BCUT2D eigenvalue weighted by atomic mass is 10.0. The maximum absolute atomic E-state index is 12.2. The van der Waals surface area contributed by atoms with Crippen LogP contribution >= 0.6 is 11.3 Å². The molecule has 0 fully saturated rings. The number of aromatic hydroxyl groups is 1. The predicted molar refractivity (Wildman–Crippen MR) is 77.5 cm³/mol. The topological polar surface area (TPSA) is 49.3 Å². The minimum Gasteiger partial charge on any atom is -0.508 e. The van der Waals surface area contributed by atoms with Crippen molar-refractivity contribution in [1.82, 2.24) is 5.32 Å². The van der Waals surface area contributed by atoms with Crippen molar-refractivity contribution in [2.45, 2.75) is 19.9 Å². The molecule has 0 aliphatic carbocycles. The molecule has 1 aromatic heterocycles. The summed E-state index contributed by atoms with van der Waals surface area (Å²) in [7, 11) is 0. The monoisotopic (exact) mass is 275 g/mol. The number of nitrogens with one attached hydrogen (secondary N) is 1. The number of carbonyl (C=O) groups excluding carboxylic acids is 1. The van der Waals surface area contributed by atoms with Crippen LogP contribution in [0.15, 0.2) is 41.8 Å². The van der Waals surface area contributed by atoms with Gasteiger partial charge in [0.2, 0.25) is 0 Å². The van der Waals surface area contributed by atoms with Gasteiger partial charge in [0.15, 0.2) is 0 Å². The molecule has 19 heavy (non-hydrogen) atoms. The van der Waals surface area contributed by atoms with Gasteiger partial charge in [-0.05, 0) is 41.6 Å². The van der Waals surface area contributed by atoms with Crippen molar-refractivity contribution in [2.75, 3.05) is 0 Å². The van der Waals surface area contributed by atoms with Crippen LogP contribution in [0.5, 0.6) is 5.75 Å². The normalized spacial score (nSPS) is 12.4. The molecule has 0 bridgehead atoms. The van der Waals surface area contributed by atoms with Crippen LogP contribution in [0, 0.1) is 5.92 Å². The van der Waals surface area contributed by atoms with Crippen molar-refractivity contribution < 1.29 is 9.90 Å². The fourth-order valence-electron chi connectivity index (χ4n) is 1.87. The van der Waals surface area contributed by atoms with Crippen LogP contribution in [0.2, 0.25) is 0 Å². The molecular weight excluding hydrogens is 258 g/mol. The van der Waals surface area contributed by atoms with Crippen molar-refractivity contribution in [3.05, 3.63) is 52.2 Å². The lowest BCUT2D eigenvalue weighted by molar-refractivity contribution is 0.0926. The Kier molecular flexibility index (Phi) is 4.22. The van der Waals surface area contributed by atoms with Crippen LogP contribution < -0.4 is 5.32 Å². The summed E-state index contributed by atoms with van der Waals surface area (Å²) in [6.45, 7) is 4.17. The highest BCUT2D eigenvalue weighted by molar-refractivity contribution is 7.10. The van der Waals surface area contributed by atoms with Crippen molar-refractivity contribution in [3.8, 4) is 5.75 Å². The molecule has 0 spiro atoms. The number of thiophene rings is 1. The van der Waals surface area contributed by atoms with Crippen LogP contribution in [0.3, 0.4) is 0 Å². The summed E-state index contributed by atoms with van der Waals surface area (Å²) in [5.41, 5.74) is 0.556. The summed E-state index contributed by atoms with van der Waals surface area (Å²) in [6, 6.07) is 10.3. The molecular formula is C15H17NO2S. The zero-order valence-electron chi connectivity index (χ0n) is 11.0. The molecule has 0 aliphatic heterocycles. The lowest BCUT2D eigenvalue weighted by Crippen LogP contribution is -2.31. The molecule has 1 amide bonds. The average Bonchev–Trinajstić information content (AvgIpc) is 2.89. The van der Waals surface area contributed by atoms with E-state index < -0.39 is 0 Å². The maximum atomic E-state index is 12.2. The van der Waals surface area contributed by atoms with E-state index in [1.54, 1.807) is 23.5 Å². The zero-order valence-corrected chi connectivity index (χ0v) is 11.8. The number of carbonyl (C=O) groups is 1. The van der Waals surface area contributed by atoms with E-state index in [0.29, 0.717) is 11.5 Å². The molecule has 100 valence electrons. The van der Waals surface area contributed by atoms with Gasteiger partial charge in [-0.2, -0.15) is 0 Å². The molecule has 4 heteroatoms. The van der Waals surface area contributed by atoms with Gasteiger partial charge in [-0.3, -0.25) is 4.79 Å². The SMILES string of the molecule is CC(C)C(NC(=O)c1ccc(O)cc1)c1cccs1. The third-order valence-electron chi connectivity index (χ3n) is 2.93. The van der Waals surface area contributed by atoms with Gasteiger partial charge in [0.25, 0.3) is 5.91 Å². The summed E-state index contributed by atoms with van der Waals surface area (Å²) in [4.78, 5) is 13.3. The van der Waals surface area contributed by atoms with Gasteiger partial charge < -0.3 is 10.4 Å². The summed E-state index contributed by atoms with van der Waals surface area (Å²) in [6.07, 6.45) is 0. The van der Waals surface area contributed by atoms with Gasteiger partial charge in [-0.1, -0.05) is 19.9 Å². The third-order valence-corrected chi connectivity index (χ3v) is 3.89. The minimum atomic E-state index is -0.118. The molecule has 1 aromatic carbocycles. The summed E-state index contributed by atoms with van der Waals surface area (Å²) >= 11 is 1.64. The first kappa shape index (κ1) is 13.6. The molecule has 2 aromatic rings. The molecule has 1 unspecified atom stereocenters. The first-order valence-electron chi connectivity index (χ1n) is 6.21. The lowest BCUT2D eigenvalue weighted by Gasteiger charge is -2.21. The van der Waals surface area contributed by atoms with Gasteiger partial charge in [-0.25, -0.2) is 0 Å². The molecule has 3 nitrogen and oxygen atoms in total. The Hall–Kier alpha value is -1.81. The fraction of sp³-hybridized carbons (Fsp3) is 0.267. The van der Waals surface area contributed by atoms with Crippen LogP contribution in [0.4, 0.5) is 0 Å². The molecule has 0 radical (unpaired) electrons. The maximum Gasteiger partial charge on any atom is 0.251 e. The van der Waals surface area contributed by atoms with Crippen LogP contribution in [0.25, 0.3) is 0 Å². The van der Waals surface area contributed by atoms with E-state index in [2.05, 4.69) is 19.2 Å². The highest BCUT2D eigenvalue weighted by atomic mass is 32.1. The number of rotatable bonds is 4. The number of benzene rings is 1. The number of hydrogen-bond acceptors (Lipinski definition) is 3. The van der Waals surface area contributed by atoms with Crippen molar-refractivity contribution in [1.29, 1.82) is 0 Å². The second kappa shape index (κ2) is 5.89. The number of amides is 1. The standard InChI is InChI=1S/C15H17NO2S/c1-10(2)14(13-4-3-9-19-13)16-15(18)11-5-7-12(17)8-6-11/h3-10,14,17H,1-2H3,(H,16,18). The van der Waals surface area contributed by atoms with E-state index in [1.807, 2.05) is 17.5 Å². The fourth-order valence-corrected chi connectivity index (χ4v) is 2.82. The summed E-state index contributed by atoms with van der Waals surface area (Å²) in [5, 5.41) is 14.3. The first-order valence-corrected chi connectivity index (χ1v) is 7.09. The Morgan fingerprint density at radius 2 is 1.89 bits per heavy atom. The molecule has 2 rings (SSSR count). The quantitative estimate of drug-likeness (QED) is 0.896. The van der Waals surface area contributed by atoms with E-state index in [9.17, 15) is 9.90 Å². The van der Waals surface area contributed by atoms with E-state index in [4.69, 9.17) is 0 Å². The Labute approximate surface area is 116 Å². The number of phenolic OH excluding ortho intramolecular Hbond substituents is 1. The molecule has 1 heterocycles. The number of phenols is 1. The third kappa shape index (κ3) is 3.35. The predicted octanol–water partition coefficient (Wildman–Crippen LogP) is 3.58. The minimum absolute atomic E-state index is 0.0151. The van der Waals surface area contributed by atoms with Gasteiger partial charge in [0.1, 0.15) is 5.75 Å². The summed E-state index contributed by atoms with van der Waals surface area (Å²) in [5.74, 6) is 0.363. The molecule has 0 saturated heterocycles. The second-order valence-corrected chi connectivity index (χ2v) is 5.74. The highest BCUT2D eigenvalue weighted by Crippen LogP contribution is 2.26. The van der Waals surface area contributed by atoms with Gasteiger partial charge in [-0.15, -0.1) is 11.3 Å². The number of hydrogen-bond donors (Lipinski definition) is 2. The summed E-state index contributed by atoms with van der Waals surface area (Å²) < 4.78 is 0. The first-order chi connectivity index (χ1) is 9.08. The largest absolute Gasteiger partial charge is 0.508 e. The van der Waals surface area contributed by atoms with Gasteiger partial charge in [0.05, 0.1) is 6.04 Å². The van der Waals surface area contributed by atoms with Crippen LogP contribution in [0.1, 0.15) is 35.1 Å². The Morgan fingerprint density at radius 3 is 2.42 bits per heavy atom.